The first kappa shape index (κ1) is 8.75. The fourth-order valence-electron chi connectivity index (χ4n) is 1.62. The van der Waals surface area contributed by atoms with E-state index in [4.69, 9.17) is 5.73 Å². The molecule has 1 aromatic heterocycles. The zero-order valence-corrected chi connectivity index (χ0v) is 8.33. The van der Waals surface area contributed by atoms with Crippen molar-refractivity contribution < 1.29 is 0 Å². The molecule has 72 valence electrons. The number of nitrogens with zero attached hydrogens (tertiary/aromatic N) is 2. The molecule has 2 rings (SSSR count). The van der Waals surface area contributed by atoms with Crippen molar-refractivity contribution in [3.05, 3.63) is 17.5 Å². The van der Waals surface area contributed by atoms with Gasteiger partial charge in [0.05, 0.1) is 11.4 Å². The lowest BCUT2D eigenvalue weighted by Gasteiger charge is -2.08. The molecule has 3 heteroatoms. The molecule has 3 nitrogen and oxygen atoms in total. The number of hydrogen-bond acceptors (Lipinski definition) is 2. The summed E-state index contributed by atoms with van der Waals surface area (Å²) >= 11 is 0. The van der Waals surface area contributed by atoms with Crippen LogP contribution in [0.1, 0.15) is 37.2 Å². The van der Waals surface area contributed by atoms with Gasteiger partial charge in [0.2, 0.25) is 0 Å². The Morgan fingerprint density at radius 3 is 2.92 bits per heavy atom. The summed E-state index contributed by atoms with van der Waals surface area (Å²) in [6.45, 7) is 5.10. The van der Waals surface area contributed by atoms with Gasteiger partial charge >= 0.3 is 0 Å². The quantitative estimate of drug-likeness (QED) is 0.766. The summed E-state index contributed by atoms with van der Waals surface area (Å²) in [5.74, 6) is 0.858. The van der Waals surface area contributed by atoms with Crippen molar-refractivity contribution in [3.8, 4) is 0 Å². The van der Waals surface area contributed by atoms with Gasteiger partial charge in [-0.2, -0.15) is 5.10 Å². The van der Waals surface area contributed by atoms with Crippen LogP contribution >= 0.6 is 0 Å². The summed E-state index contributed by atoms with van der Waals surface area (Å²) in [7, 11) is 0. The van der Waals surface area contributed by atoms with Gasteiger partial charge < -0.3 is 5.73 Å². The Morgan fingerprint density at radius 2 is 2.38 bits per heavy atom. The molecule has 0 amide bonds. The van der Waals surface area contributed by atoms with Gasteiger partial charge in [-0.15, -0.1) is 0 Å². The topological polar surface area (TPSA) is 43.8 Å². The Labute approximate surface area is 78.9 Å². The standard InChI is InChI=1S/C10H17N3/c1-7-5-10(8(2)11)13(12-7)6-9-3-4-9/h5,8-9H,3-4,6,11H2,1-2H3/t8-/m1/s1. The van der Waals surface area contributed by atoms with E-state index in [9.17, 15) is 0 Å². The highest BCUT2D eigenvalue weighted by Gasteiger charge is 2.23. The van der Waals surface area contributed by atoms with Crippen molar-refractivity contribution >= 4 is 0 Å². The van der Waals surface area contributed by atoms with Crippen LogP contribution in [0.15, 0.2) is 6.07 Å². The summed E-state index contributed by atoms with van der Waals surface area (Å²) in [5, 5.41) is 4.45. The molecule has 1 aliphatic rings. The average Bonchev–Trinajstić information content (AvgIpc) is 2.75. The number of aryl methyl sites for hydroxylation is 1. The van der Waals surface area contributed by atoms with Gasteiger partial charge in [0, 0.05) is 12.6 Å². The lowest BCUT2D eigenvalue weighted by Crippen LogP contribution is -2.14. The van der Waals surface area contributed by atoms with Crippen LogP contribution < -0.4 is 5.73 Å². The molecule has 0 radical (unpaired) electrons. The zero-order valence-electron chi connectivity index (χ0n) is 8.33. The molecule has 0 saturated heterocycles. The molecule has 1 aromatic rings. The number of nitrogens with two attached hydrogens (primary N) is 1. The van der Waals surface area contributed by atoms with Crippen LogP contribution in [-0.2, 0) is 6.54 Å². The maximum Gasteiger partial charge on any atom is 0.0597 e. The minimum Gasteiger partial charge on any atom is -0.323 e. The summed E-state index contributed by atoms with van der Waals surface area (Å²) in [4.78, 5) is 0. The highest BCUT2D eigenvalue weighted by atomic mass is 15.3. The predicted octanol–water partition coefficient (Wildman–Crippen LogP) is 1.62. The highest BCUT2D eigenvalue weighted by Crippen LogP contribution is 2.31. The predicted molar refractivity (Wildman–Crippen MR) is 52.3 cm³/mol. The monoisotopic (exact) mass is 179 g/mol. The first-order valence-corrected chi connectivity index (χ1v) is 4.96. The van der Waals surface area contributed by atoms with Crippen molar-refractivity contribution in [2.75, 3.05) is 0 Å². The molecule has 1 aliphatic carbocycles. The molecule has 0 unspecified atom stereocenters. The van der Waals surface area contributed by atoms with E-state index in [1.807, 2.05) is 13.8 Å². The van der Waals surface area contributed by atoms with Crippen molar-refractivity contribution in [3.63, 3.8) is 0 Å². The molecule has 1 fully saturated rings. The number of rotatable bonds is 3. The molecule has 0 spiro atoms. The third-order valence-electron chi connectivity index (χ3n) is 2.53. The fourth-order valence-corrected chi connectivity index (χ4v) is 1.62. The van der Waals surface area contributed by atoms with E-state index in [0.717, 1.165) is 18.2 Å². The molecule has 2 N–H and O–H groups in total. The molecule has 0 aromatic carbocycles. The van der Waals surface area contributed by atoms with E-state index in [2.05, 4.69) is 15.8 Å². The van der Waals surface area contributed by atoms with E-state index in [1.165, 1.54) is 18.5 Å². The fraction of sp³-hybridized carbons (Fsp3) is 0.700. The van der Waals surface area contributed by atoms with Gasteiger partial charge in [0.1, 0.15) is 0 Å². The Kier molecular flexibility index (Phi) is 2.12. The maximum absolute atomic E-state index is 5.86. The molecule has 0 bridgehead atoms. The first-order chi connectivity index (χ1) is 6.16. The molecule has 1 saturated carbocycles. The van der Waals surface area contributed by atoms with Crippen LogP contribution in [0.5, 0.6) is 0 Å². The van der Waals surface area contributed by atoms with Gasteiger partial charge in [-0.1, -0.05) is 0 Å². The van der Waals surface area contributed by atoms with E-state index in [0.29, 0.717) is 0 Å². The molecule has 1 heterocycles. The molecule has 1 atom stereocenters. The third kappa shape index (κ3) is 1.91. The van der Waals surface area contributed by atoms with E-state index < -0.39 is 0 Å². The number of aromatic nitrogens is 2. The Morgan fingerprint density at radius 1 is 1.69 bits per heavy atom. The third-order valence-corrected chi connectivity index (χ3v) is 2.53. The minimum absolute atomic E-state index is 0.0972. The second-order valence-electron chi connectivity index (χ2n) is 4.12. The van der Waals surface area contributed by atoms with Crippen LogP contribution in [-0.4, -0.2) is 9.78 Å². The van der Waals surface area contributed by atoms with Crippen LogP contribution in [0.4, 0.5) is 0 Å². The summed E-state index contributed by atoms with van der Waals surface area (Å²) < 4.78 is 2.08. The van der Waals surface area contributed by atoms with Gasteiger partial charge in [-0.25, -0.2) is 0 Å². The van der Waals surface area contributed by atoms with Gasteiger partial charge in [0.15, 0.2) is 0 Å². The van der Waals surface area contributed by atoms with Gasteiger partial charge in [0.25, 0.3) is 0 Å². The summed E-state index contributed by atoms with van der Waals surface area (Å²) in [5.41, 5.74) is 8.11. The summed E-state index contributed by atoms with van der Waals surface area (Å²) in [6.07, 6.45) is 2.72. The van der Waals surface area contributed by atoms with Crippen molar-refractivity contribution in [2.45, 2.75) is 39.3 Å². The van der Waals surface area contributed by atoms with Gasteiger partial charge in [-0.05, 0) is 38.7 Å². The SMILES string of the molecule is Cc1cc([C@@H](C)N)n(CC2CC2)n1. The second-order valence-corrected chi connectivity index (χ2v) is 4.12. The highest BCUT2D eigenvalue weighted by molar-refractivity contribution is 5.12. The Balaban J connectivity index is 2.19. The van der Waals surface area contributed by atoms with Crippen LogP contribution in [0.3, 0.4) is 0 Å². The van der Waals surface area contributed by atoms with E-state index in [-0.39, 0.29) is 6.04 Å². The van der Waals surface area contributed by atoms with Crippen molar-refractivity contribution in [1.82, 2.24) is 9.78 Å². The van der Waals surface area contributed by atoms with Crippen LogP contribution in [0, 0.1) is 12.8 Å². The van der Waals surface area contributed by atoms with E-state index in [1.54, 1.807) is 0 Å². The smallest absolute Gasteiger partial charge is 0.0597 e. The number of hydrogen-bond donors (Lipinski definition) is 1. The Bertz CT molecular complexity index is 297. The largest absolute Gasteiger partial charge is 0.323 e. The van der Waals surface area contributed by atoms with Crippen LogP contribution in [0.25, 0.3) is 0 Å². The molecular formula is C10H17N3. The lowest BCUT2D eigenvalue weighted by atomic mass is 10.2. The summed E-state index contributed by atoms with van der Waals surface area (Å²) in [6, 6.07) is 2.19. The van der Waals surface area contributed by atoms with Crippen molar-refractivity contribution in [1.29, 1.82) is 0 Å². The molecule has 13 heavy (non-hydrogen) atoms. The van der Waals surface area contributed by atoms with E-state index >= 15 is 0 Å². The average molecular weight is 179 g/mol. The van der Waals surface area contributed by atoms with Gasteiger partial charge in [-0.3, -0.25) is 4.68 Å². The normalized spacial score (nSPS) is 19.0. The maximum atomic E-state index is 5.86. The molecular weight excluding hydrogens is 162 g/mol. The second kappa shape index (κ2) is 3.14. The minimum atomic E-state index is 0.0972. The van der Waals surface area contributed by atoms with Crippen LogP contribution in [0.2, 0.25) is 0 Å². The first-order valence-electron chi connectivity index (χ1n) is 4.96. The lowest BCUT2D eigenvalue weighted by molar-refractivity contribution is 0.520. The van der Waals surface area contributed by atoms with Crippen molar-refractivity contribution in [2.24, 2.45) is 11.7 Å². The Hall–Kier alpha value is -0.830. The molecule has 0 aliphatic heterocycles. The zero-order chi connectivity index (χ0) is 9.42.